The molecule has 0 aliphatic carbocycles. The van der Waals surface area contributed by atoms with Gasteiger partial charge in [0.2, 0.25) is 0 Å². The predicted octanol–water partition coefficient (Wildman–Crippen LogP) is 0.790. The predicted molar refractivity (Wildman–Crippen MR) is 37.7 cm³/mol. The van der Waals surface area contributed by atoms with Gasteiger partial charge < -0.3 is 10.2 Å². The Morgan fingerprint density at radius 2 is 2.20 bits per heavy atom. The molecular weight excluding hydrogens is 132 g/mol. The van der Waals surface area contributed by atoms with Gasteiger partial charge >= 0.3 is 5.97 Å². The minimum Gasteiger partial charge on any atom is -0.478 e. The Hall–Kier alpha value is -0.830. The van der Waals surface area contributed by atoms with E-state index in [4.69, 9.17) is 10.2 Å². The maximum absolute atomic E-state index is 10.3. The van der Waals surface area contributed by atoms with Crippen molar-refractivity contribution in [1.82, 2.24) is 0 Å². The van der Waals surface area contributed by atoms with Gasteiger partial charge in [0.1, 0.15) is 0 Å². The summed E-state index contributed by atoms with van der Waals surface area (Å²) in [6.07, 6.45) is 2.54. The lowest BCUT2D eigenvalue weighted by Crippen LogP contribution is -2.02. The first-order valence-electron chi connectivity index (χ1n) is 3.25. The molecule has 58 valence electrons. The summed E-state index contributed by atoms with van der Waals surface area (Å²) in [6.45, 7) is 1.76. The molecule has 0 spiro atoms. The van der Waals surface area contributed by atoms with Crippen LogP contribution < -0.4 is 0 Å². The van der Waals surface area contributed by atoms with Crippen LogP contribution in [0.5, 0.6) is 0 Å². The molecule has 0 aromatic heterocycles. The quantitative estimate of drug-likeness (QED) is 0.573. The van der Waals surface area contributed by atoms with E-state index in [0.29, 0.717) is 12.0 Å². The fourth-order valence-electron chi connectivity index (χ4n) is 0.663. The van der Waals surface area contributed by atoms with Crippen LogP contribution in [-0.4, -0.2) is 22.8 Å². The van der Waals surface area contributed by atoms with Crippen molar-refractivity contribution < 1.29 is 15.0 Å². The van der Waals surface area contributed by atoms with Crippen molar-refractivity contribution in [3.05, 3.63) is 11.6 Å². The molecule has 10 heavy (non-hydrogen) atoms. The first kappa shape index (κ1) is 9.17. The number of hydrogen-bond acceptors (Lipinski definition) is 2. The lowest BCUT2D eigenvalue weighted by atomic mass is 10.2. The zero-order valence-electron chi connectivity index (χ0n) is 6.00. The third-order valence-corrected chi connectivity index (χ3v) is 1.11. The summed E-state index contributed by atoms with van der Waals surface area (Å²) >= 11 is 0. The highest BCUT2D eigenvalue weighted by molar-refractivity contribution is 5.86. The molecule has 0 aliphatic rings. The first-order chi connectivity index (χ1) is 4.72. The maximum Gasteiger partial charge on any atom is 0.331 e. The van der Waals surface area contributed by atoms with Crippen LogP contribution in [-0.2, 0) is 4.79 Å². The Morgan fingerprint density at radius 3 is 2.50 bits per heavy atom. The number of carboxylic acids is 1. The van der Waals surface area contributed by atoms with Crippen molar-refractivity contribution in [2.45, 2.75) is 19.8 Å². The number of allylic oxidation sites excluding steroid dienone is 1. The fraction of sp³-hybridized carbons (Fsp3) is 0.571. The Balaban J connectivity index is 3.98. The van der Waals surface area contributed by atoms with Gasteiger partial charge in [-0.05, 0) is 6.42 Å². The topological polar surface area (TPSA) is 57.5 Å². The van der Waals surface area contributed by atoms with Gasteiger partial charge in [-0.25, -0.2) is 4.79 Å². The Labute approximate surface area is 60.0 Å². The lowest BCUT2D eigenvalue weighted by Gasteiger charge is -1.96. The molecular formula is C7H12O3. The van der Waals surface area contributed by atoms with Crippen LogP contribution in [0.15, 0.2) is 11.6 Å². The Bertz CT molecular complexity index is 138. The average molecular weight is 144 g/mol. The molecule has 0 saturated heterocycles. The van der Waals surface area contributed by atoms with Crippen LogP contribution in [0.25, 0.3) is 0 Å². The Morgan fingerprint density at radius 1 is 1.60 bits per heavy atom. The van der Waals surface area contributed by atoms with Gasteiger partial charge in [-0.15, -0.1) is 0 Å². The second-order valence-electron chi connectivity index (χ2n) is 1.92. The minimum atomic E-state index is -0.934. The average Bonchev–Trinajstić information content (AvgIpc) is 1.87. The summed E-state index contributed by atoms with van der Waals surface area (Å²) in [5, 5.41) is 16.9. The standard InChI is InChI=1S/C7H12O3/c1-2-3-6(4-5-8)7(9)10/h3,8H,2,4-5H2,1H3,(H,9,10)/b6-3+. The van der Waals surface area contributed by atoms with Crippen LogP contribution in [0.3, 0.4) is 0 Å². The zero-order chi connectivity index (χ0) is 7.98. The van der Waals surface area contributed by atoms with E-state index in [1.54, 1.807) is 6.08 Å². The third kappa shape index (κ3) is 3.25. The number of carbonyl (C=O) groups is 1. The summed E-state index contributed by atoms with van der Waals surface area (Å²) < 4.78 is 0. The molecule has 0 radical (unpaired) electrons. The van der Waals surface area contributed by atoms with E-state index in [1.165, 1.54) is 0 Å². The van der Waals surface area contributed by atoms with Gasteiger partial charge in [-0.1, -0.05) is 13.0 Å². The van der Waals surface area contributed by atoms with Gasteiger partial charge in [-0.3, -0.25) is 0 Å². The molecule has 0 aliphatic heterocycles. The van der Waals surface area contributed by atoms with Gasteiger partial charge in [0, 0.05) is 18.6 Å². The second kappa shape index (κ2) is 4.99. The summed E-state index contributed by atoms with van der Waals surface area (Å²) in [7, 11) is 0. The number of aliphatic hydroxyl groups excluding tert-OH is 1. The third-order valence-electron chi connectivity index (χ3n) is 1.11. The highest BCUT2D eigenvalue weighted by Gasteiger charge is 2.03. The molecule has 0 saturated carbocycles. The van der Waals surface area contributed by atoms with E-state index in [-0.39, 0.29) is 13.0 Å². The normalized spacial score (nSPS) is 11.6. The number of aliphatic hydroxyl groups is 1. The van der Waals surface area contributed by atoms with Gasteiger partial charge in [-0.2, -0.15) is 0 Å². The molecule has 0 bridgehead atoms. The zero-order valence-corrected chi connectivity index (χ0v) is 6.00. The second-order valence-corrected chi connectivity index (χ2v) is 1.92. The highest BCUT2D eigenvalue weighted by Crippen LogP contribution is 2.01. The molecule has 0 fully saturated rings. The molecule has 0 amide bonds. The van der Waals surface area contributed by atoms with Crippen LogP contribution in [0.2, 0.25) is 0 Å². The largest absolute Gasteiger partial charge is 0.478 e. The molecule has 3 nitrogen and oxygen atoms in total. The maximum atomic E-state index is 10.3. The van der Waals surface area contributed by atoms with Crippen molar-refractivity contribution in [2.75, 3.05) is 6.61 Å². The number of aliphatic carboxylic acids is 1. The number of hydrogen-bond donors (Lipinski definition) is 2. The molecule has 3 heteroatoms. The van der Waals surface area contributed by atoms with Gasteiger partial charge in [0.25, 0.3) is 0 Å². The Kier molecular flexibility index (Phi) is 4.58. The van der Waals surface area contributed by atoms with E-state index < -0.39 is 5.97 Å². The fourth-order valence-corrected chi connectivity index (χ4v) is 0.663. The molecule has 0 aromatic rings. The van der Waals surface area contributed by atoms with E-state index >= 15 is 0 Å². The first-order valence-corrected chi connectivity index (χ1v) is 3.25. The highest BCUT2D eigenvalue weighted by atomic mass is 16.4. The smallest absolute Gasteiger partial charge is 0.331 e. The minimum absolute atomic E-state index is 0.0991. The molecule has 0 rings (SSSR count). The van der Waals surface area contributed by atoms with E-state index in [9.17, 15) is 4.79 Å². The number of rotatable bonds is 4. The lowest BCUT2D eigenvalue weighted by molar-refractivity contribution is -0.132. The van der Waals surface area contributed by atoms with Gasteiger partial charge in [0.15, 0.2) is 0 Å². The van der Waals surface area contributed by atoms with Crippen molar-refractivity contribution in [1.29, 1.82) is 0 Å². The van der Waals surface area contributed by atoms with Crippen LogP contribution in [0.1, 0.15) is 19.8 Å². The summed E-state index contributed by atoms with van der Waals surface area (Å²) in [4.78, 5) is 10.3. The summed E-state index contributed by atoms with van der Waals surface area (Å²) in [5.41, 5.74) is 0.296. The van der Waals surface area contributed by atoms with E-state index in [0.717, 1.165) is 0 Å². The molecule has 0 aromatic carbocycles. The molecule has 2 N–H and O–H groups in total. The van der Waals surface area contributed by atoms with Crippen molar-refractivity contribution in [3.63, 3.8) is 0 Å². The van der Waals surface area contributed by atoms with Gasteiger partial charge in [0.05, 0.1) is 0 Å². The summed E-state index contributed by atoms with van der Waals surface area (Å²) in [6, 6.07) is 0. The van der Waals surface area contributed by atoms with Crippen LogP contribution >= 0.6 is 0 Å². The van der Waals surface area contributed by atoms with Crippen molar-refractivity contribution in [2.24, 2.45) is 0 Å². The summed E-state index contributed by atoms with van der Waals surface area (Å²) in [5.74, 6) is -0.934. The van der Waals surface area contributed by atoms with E-state index in [2.05, 4.69) is 0 Å². The number of carboxylic acid groups (broad SMARTS) is 1. The van der Waals surface area contributed by atoms with Crippen molar-refractivity contribution in [3.8, 4) is 0 Å². The van der Waals surface area contributed by atoms with Crippen LogP contribution in [0, 0.1) is 0 Å². The molecule has 0 atom stereocenters. The van der Waals surface area contributed by atoms with Crippen molar-refractivity contribution >= 4 is 5.97 Å². The monoisotopic (exact) mass is 144 g/mol. The SMILES string of the molecule is CC/C=C(\CCO)C(=O)O. The van der Waals surface area contributed by atoms with Crippen LogP contribution in [0.4, 0.5) is 0 Å². The molecule has 0 heterocycles. The van der Waals surface area contributed by atoms with E-state index in [1.807, 2.05) is 6.92 Å². The molecule has 0 unspecified atom stereocenters.